The first kappa shape index (κ1) is 16.1. The number of benzene rings is 2. The lowest BCUT2D eigenvalue weighted by atomic mass is 10.2. The molecule has 2 aromatic rings. The highest BCUT2D eigenvalue weighted by atomic mass is 35.5. The fourth-order valence-corrected chi connectivity index (χ4v) is 2.15. The Morgan fingerprint density at radius 1 is 1.27 bits per heavy atom. The van der Waals surface area contributed by atoms with Crippen molar-refractivity contribution in [2.75, 3.05) is 7.11 Å². The van der Waals surface area contributed by atoms with E-state index < -0.39 is 5.91 Å². The molecule has 2 N–H and O–H groups in total. The van der Waals surface area contributed by atoms with E-state index >= 15 is 0 Å². The van der Waals surface area contributed by atoms with Crippen molar-refractivity contribution in [3.05, 3.63) is 57.6 Å². The van der Waals surface area contributed by atoms with Gasteiger partial charge in [-0.3, -0.25) is 4.79 Å². The fraction of sp³-hybridized carbons (Fsp3) is 0.0667. The third-order valence-electron chi connectivity index (χ3n) is 2.77. The van der Waals surface area contributed by atoms with E-state index in [-0.39, 0.29) is 21.4 Å². The summed E-state index contributed by atoms with van der Waals surface area (Å²) in [5.41, 5.74) is 3.01. The molecule has 0 heterocycles. The van der Waals surface area contributed by atoms with Crippen molar-refractivity contribution in [1.29, 1.82) is 0 Å². The maximum Gasteiger partial charge on any atom is 0.275 e. The predicted octanol–water partition coefficient (Wildman–Crippen LogP) is 3.47. The van der Waals surface area contributed by atoms with Gasteiger partial charge in [0.05, 0.1) is 23.9 Å². The van der Waals surface area contributed by atoms with Gasteiger partial charge in [-0.2, -0.15) is 5.10 Å². The van der Waals surface area contributed by atoms with E-state index in [0.717, 1.165) is 11.3 Å². The van der Waals surface area contributed by atoms with E-state index in [1.165, 1.54) is 18.3 Å². The van der Waals surface area contributed by atoms with E-state index in [1.54, 1.807) is 31.4 Å². The molecule has 0 aliphatic heterocycles. The number of ether oxygens (including phenoxy) is 1. The van der Waals surface area contributed by atoms with Gasteiger partial charge in [-0.1, -0.05) is 23.2 Å². The predicted molar refractivity (Wildman–Crippen MR) is 86.2 cm³/mol. The molecular formula is C15H12Cl2N2O3. The van der Waals surface area contributed by atoms with Crippen molar-refractivity contribution in [2.45, 2.75) is 0 Å². The molecule has 0 radical (unpaired) electrons. The van der Waals surface area contributed by atoms with E-state index in [9.17, 15) is 9.90 Å². The van der Waals surface area contributed by atoms with Crippen molar-refractivity contribution in [3.8, 4) is 11.5 Å². The fourth-order valence-electron chi connectivity index (χ4n) is 1.65. The maximum atomic E-state index is 11.9. The smallest absolute Gasteiger partial charge is 0.275 e. The topological polar surface area (TPSA) is 70.9 Å². The summed E-state index contributed by atoms with van der Waals surface area (Å²) in [6.45, 7) is 0. The van der Waals surface area contributed by atoms with Gasteiger partial charge in [-0.25, -0.2) is 5.43 Å². The van der Waals surface area contributed by atoms with Gasteiger partial charge in [0.1, 0.15) is 11.5 Å². The first-order valence-corrected chi connectivity index (χ1v) is 6.92. The summed E-state index contributed by atoms with van der Waals surface area (Å²) in [6, 6.07) is 9.75. The Balaban J connectivity index is 2.07. The molecule has 0 unspecified atom stereocenters. The third kappa shape index (κ3) is 3.90. The van der Waals surface area contributed by atoms with Crippen molar-refractivity contribution in [2.24, 2.45) is 5.10 Å². The average Bonchev–Trinajstić information content (AvgIpc) is 2.51. The molecule has 0 aliphatic rings. The molecule has 0 fully saturated rings. The highest BCUT2D eigenvalue weighted by Gasteiger charge is 2.14. The highest BCUT2D eigenvalue weighted by Crippen LogP contribution is 2.30. The quantitative estimate of drug-likeness (QED) is 0.662. The largest absolute Gasteiger partial charge is 0.506 e. The SMILES string of the molecule is COc1ccc(/C=N\NC(=O)c2cc(Cl)cc(Cl)c2O)cc1. The zero-order valence-corrected chi connectivity index (χ0v) is 13.0. The number of methoxy groups -OCH3 is 1. The summed E-state index contributed by atoms with van der Waals surface area (Å²) in [5.74, 6) is -0.241. The van der Waals surface area contributed by atoms with Crippen molar-refractivity contribution >= 4 is 35.3 Å². The minimum atomic E-state index is -0.619. The summed E-state index contributed by atoms with van der Waals surface area (Å²) in [4.78, 5) is 11.9. The van der Waals surface area contributed by atoms with E-state index in [0.29, 0.717) is 0 Å². The minimum absolute atomic E-state index is 0.00298. The molecule has 0 spiro atoms. The molecule has 22 heavy (non-hydrogen) atoms. The Hall–Kier alpha value is -2.24. The van der Waals surface area contributed by atoms with Gasteiger partial charge in [0.25, 0.3) is 5.91 Å². The number of rotatable bonds is 4. The van der Waals surface area contributed by atoms with Crippen LogP contribution in [-0.4, -0.2) is 24.3 Å². The van der Waals surface area contributed by atoms with Gasteiger partial charge in [0, 0.05) is 5.02 Å². The third-order valence-corrected chi connectivity index (χ3v) is 3.27. The highest BCUT2D eigenvalue weighted by molar-refractivity contribution is 6.36. The summed E-state index contributed by atoms with van der Waals surface area (Å²) in [7, 11) is 1.58. The second-order valence-electron chi connectivity index (χ2n) is 4.26. The van der Waals surface area contributed by atoms with Crippen molar-refractivity contribution < 1.29 is 14.6 Å². The minimum Gasteiger partial charge on any atom is -0.506 e. The Morgan fingerprint density at radius 3 is 2.59 bits per heavy atom. The molecule has 7 heteroatoms. The van der Waals surface area contributed by atoms with Crippen LogP contribution in [0.2, 0.25) is 10.0 Å². The molecule has 0 saturated carbocycles. The Labute approximate surface area is 137 Å². The number of aromatic hydroxyl groups is 1. The van der Waals surface area contributed by atoms with Crippen LogP contribution in [0.1, 0.15) is 15.9 Å². The monoisotopic (exact) mass is 338 g/mol. The average molecular weight is 339 g/mol. The van der Waals surface area contributed by atoms with Gasteiger partial charge < -0.3 is 9.84 Å². The second-order valence-corrected chi connectivity index (χ2v) is 5.10. The van der Waals surface area contributed by atoms with Crippen LogP contribution in [0.25, 0.3) is 0 Å². The van der Waals surface area contributed by atoms with Crippen molar-refractivity contribution in [1.82, 2.24) is 5.43 Å². The number of carbonyl (C=O) groups excluding carboxylic acids is 1. The summed E-state index contributed by atoms with van der Waals surface area (Å²) >= 11 is 11.6. The summed E-state index contributed by atoms with van der Waals surface area (Å²) in [5, 5.41) is 13.8. The van der Waals surface area contributed by atoms with Gasteiger partial charge in [-0.15, -0.1) is 0 Å². The van der Waals surface area contributed by atoms with Crippen LogP contribution in [0.4, 0.5) is 0 Å². The number of carbonyl (C=O) groups is 1. The Kier molecular flexibility index (Phi) is 5.25. The first-order chi connectivity index (χ1) is 10.5. The number of amides is 1. The molecule has 0 aliphatic carbocycles. The molecule has 0 atom stereocenters. The lowest BCUT2D eigenvalue weighted by Gasteiger charge is -2.05. The van der Waals surface area contributed by atoms with Crippen LogP contribution in [0, 0.1) is 0 Å². The Bertz CT molecular complexity index is 715. The van der Waals surface area contributed by atoms with Gasteiger partial charge >= 0.3 is 0 Å². The van der Waals surface area contributed by atoms with E-state index in [4.69, 9.17) is 27.9 Å². The molecule has 1 amide bonds. The molecule has 2 aromatic carbocycles. The summed E-state index contributed by atoms with van der Waals surface area (Å²) < 4.78 is 5.04. The zero-order chi connectivity index (χ0) is 16.1. The standard InChI is InChI=1S/C15H12Cl2N2O3/c1-22-11-4-2-9(3-5-11)8-18-19-15(21)12-6-10(16)7-13(17)14(12)20/h2-8,20H,1H3,(H,19,21)/b18-8-. The lowest BCUT2D eigenvalue weighted by molar-refractivity contribution is 0.0952. The number of nitrogens with zero attached hydrogens (tertiary/aromatic N) is 1. The molecule has 0 saturated heterocycles. The van der Waals surface area contributed by atoms with Gasteiger partial charge in [-0.05, 0) is 42.0 Å². The van der Waals surface area contributed by atoms with Gasteiger partial charge in [0.2, 0.25) is 0 Å². The molecular weight excluding hydrogens is 327 g/mol. The number of phenols is 1. The summed E-state index contributed by atoms with van der Waals surface area (Å²) in [6.07, 6.45) is 1.46. The number of nitrogens with one attached hydrogen (secondary N) is 1. The van der Waals surface area contributed by atoms with Crippen LogP contribution < -0.4 is 10.2 Å². The number of halogens is 2. The first-order valence-electron chi connectivity index (χ1n) is 6.16. The normalized spacial score (nSPS) is 10.7. The maximum absolute atomic E-state index is 11.9. The lowest BCUT2D eigenvalue weighted by Crippen LogP contribution is -2.17. The number of hydrogen-bond donors (Lipinski definition) is 2. The van der Waals surface area contributed by atoms with Crippen LogP contribution >= 0.6 is 23.2 Å². The number of hydrazone groups is 1. The van der Waals surface area contributed by atoms with Crippen LogP contribution in [0.5, 0.6) is 11.5 Å². The van der Waals surface area contributed by atoms with Crippen LogP contribution in [0.15, 0.2) is 41.5 Å². The molecule has 2 rings (SSSR count). The number of hydrogen-bond acceptors (Lipinski definition) is 4. The molecule has 0 bridgehead atoms. The van der Waals surface area contributed by atoms with Crippen LogP contribution in [-0.2, 0) is 0 Å². The van der Waals surface area contributed by atoms with E-state index in [1.807, 2.05) is 0 Å². The second kappa shape index (κ2) is 7.15. The molecule has 114 valence electrons. The molecule has 5 nitrogen and oxygen atoms in total. The number of phenolic OH excluding ortho intramolecular Hbond substituents is 1. The van der Waals surface area contributed by atoms with Crippen molar-refractivity contribution in [3.63, 3.8) is 0 Å². The van der Waals surface area contributed by atoms with Crippen LogP contribution in [0.3, 0.4) is 0 Å². The molecule has 0 aromatic heterocycles. The van der Waals surface area contributed by atoms with E-state index in [2.05, 4.69) is 10.5 Å². The van der Waals surface area contributed by atoms with Gasteiger partial charge in [0.15, 0.2) is 0 Å². The zero-order valence-electron chi connectivity index (χ0n) is 11.5. The Morgan fingerprint density at radius 2 is 1.95 bits per heavy atom.